The van der Waals surface area contributed by atoms with Gasteiger partial charge in [0.05, 0.1) is 32.1 Å². The smallest absolute Gasteiger partial charge is 0.378 e. The normalized spacial score (nSPS) is 19.7. The number of likely N-dealkylation sites (N-methyl/N-ethyl adjacent to an activating group) is 1. The van der Waals surface area contributed by atoms with Crippen molar-refractivity contribution in [3.63, 3.8) is 0 Å². The number of para-hydroxylation sites is 1. The van der Waals surface area contributed by atoms with Gasteiger partial charge in [-0.3, -0.25) is 43.2 Å². The number of anilines is 1. The molecular formula is C50H64N7O11P. The average molecular weight is 970 g/mol. The molecule has 2 atom stereocenters. The second-order valence-corrected chi connectivity index (χ2v) is 19.7. The van der Waals surface area contributed by atoms with Gasteiger partial charge < -0.3 is 40.3 Å². The first kappa shape index (κ1) is 52.3. The van der Waals surface area contributed by atoms with E-state index in [1.165, 1.54) is 12.2 Å². The molecule has 4 aliphatic rings. The summed E-state index contributed by atoms with van der Waals surface area (Å²) < 4.78 is 22.0. The van der Waals surface area contributed by atoms with Crippen LogP contribution in [-0.4, -0.2) is 133 Å². The topological polar surface area (TPSA) is 237 Å². The van der Waals surface area contributed by atoms with Crippen molar-refractivity contribution in [2.45, 2.75) is 89.6 Å². The Balaban J connectivity index is 1.15. The number of ether oxygens (including phenoxy) is 1. The summed E-state index contributed by atoms with van der Waals surface area (Å²) in [5.41, 5.74) is 6.12. The van der Waals surface area contributed by atoms with Gasteiger partial charge in [-0.05, 0) is 67.5 Å². The third-order valence-corrected chi connectivity index (χ3v) is 13.6. The van der Waals surface area contributed by atoms with Crippen molar-refractivity contribution >= 4 is 54.5 Å². The summed E-state index contributed by atoms with van der Waals surface area (Å²) in [6.45, 7) is 10.6. The Morgan fingerprint density at radius 3 is 2.36 bits per heavy atom. The third-order valence-electron chi connectivity index (χ3n) is 13.1. The minimum atomic E-state index is -5.06. The Morgan fingerprint density at radius 1 is 0.986 bits per heavy atom. The van der Waals surface area contributed by atoms with Crippen LogP contribution in [0, 0.1) is 6.92 Å². The molecule has 0 aromatic heterocycles. The highest BCUT2D eigenvalue weighted by Crippen LogP contribution is 2.49. The number of aryl methyl sites for hydroxylation is 1. The summed E-state index contributed by atoms with van der Waals surface area (Å²) in [5.74, 6) is -2.58. The average Bonchev–Trinajstić information content (AvgIpc) is 3.96. The van der Waals surface area contributed by atoms with Gasteiger partial charge in [0.15, 0.2) is 5.78 Å². The van der Waals surface area contributed by atoms with Crippen molar-refractivity contribution in [2.24, 2.45) is 4.99 Å². The summed E-state index contributed by atoms with van der Waals surface area (Å²) >= 11 is 0. The summed E-state index contributed by atoms with van der Waals surface area (Å²) in [6, 6.07) is 13.7. The lowest BCUT2D eigenvalue weighted by molar-refractivity contribution is -0.137. The van der Waals surface area contributed by atoms with Crippen molar-refractivity contribution in [1.82, 2.24) is 25.8 Å². The number of likely N-dealkylation sites (tertiary alicyclic amines) is 1. The molecule has 370 valence electrons. The molecule has 3 heterocycles. The Morgan fingerprint density at radius 2 is 1.68 bits per heavy atom. The lowest BCUT2D eigenvalue weighted by atomic mass is 9.74. The standard InChI is InChI=1S/C50H64N7O11P/c1-32-15-8-9-16-35(32)49(2,3)40(51-6)29-33-45(34(46(33)61)30-41-50(4,5)36-17-10-11-18-38(36)55(41)7)56-25-14-19-39(56)48(63)54-37(31-68-69(64,65)66)47(62)53-23-13-12-20-42(58)52-24-27-67-28-26-57-43(59)21-22-44(57)60/h8-11,15-18,21-22,29-30,37,39H,12-14,19-20,23-28,31H2,1-7H3,(H,52,58)(H,53,62)(H,54,63)(H2,64,65,66)/b33-29-,41-30+,51-40+. The number of carbonyl (C=O) groups excluding carboxylic acids is 6. The van der Waals surface area contributed by atoms with Gasteiger partial charge in [0.2, 0.25) is 17.7 Å². The molecule has 69 heavy (non-hydrogen) atoms. The number of hydrogen-bond donors (Lipinski definition) is 5. The zero-order valence-corrected chi connectivity index (χ0v) is 41.3. The fourth-order valence-corrected chi connectivity index (χ4v) is 9.77. The van der Waals surface area contributed by atoms with Crippen molar-refractivity contribution < 1.29 is 52.4 Å². The summed E-state index contributed by atoms with van der Waals surface area (Å²) in [4.78, 5) is 107. The van der Waals surface area contributed by atoms with Crippen LogP contribution < -0.4 is 20.9 Å². The number of hydrogen-bond acceptors (Lipinski definition) is 12. The number of ketones is 1. The lowest BCUT2D eigenvalue weighted by Crippen LogP contribution is -2.54. The molecule has 1 aliphatic carbocycles. The Labute approximate surface area is 403 Å². The largest absolute Gasteiger partial charge is 0.469 e. The SMILES string of the molecule is C/N=C(\C=C1/C(=O)C(/C=C2/N(C)c3ccccc3C2(C)C)=C1N1CCCC1C(=O)NC(COP(=O)(O)O)C(=O)NCCCCC(=O)NCCOCCN1C(=O)C=CC1=O)C(C)(C)c1ccccc1C. The number of nitrogens with zero attached hydrogens (tertiary/aromatic N) is 4. The molecule has 18 nitrogen and oxygen atoms in total. The van der Waals surface area contributed by atoms with Crippen molar-refractivity contribution in [1.29, 1.82) is 0 Å². The van der Waals surface area contributed by atoms with E-state index in [1.54, 1.807) is 7.05 Å². The number of rotatable bonds is 22. The summed E-state index contributed by atoms with van der Waals surface area (Å²) in [7, 11) is -1.40. The minimum Gasteiger partial charge on any atom is -0.378 e. The van der Waals surface area contributed by atoms with E-state index in [4.69, 9.17) is 14.3 Å². The van der Waals surface area contributed by atoms with E-state index >= 15 is 0 Å². The first-order chi connectivity index (χ1) is 32.7. The zero-order valence-electron chi connectivity index (χ0n) is 40.4. The van der Waals surface area contributed by atoms with Crippen molar-refractivity contribution in [2.75, 3.05) is 65.0 Å². The van der Waals surface area contributed by atoms with E-state index in [-0.39, 0.29) is 51.0 Å². The third kappa shape index (κ3) is 12.1. The summed E-state index contributed by atoms with van der Waals surface area (Å²) in [5, 5.41) is 8.08. The van der Waals surface area contributed by atoms with Gasteiger partial charge in [-0.15, -0.1) is 0 Å². The number of amides is 5. The Bertz CT molecular complexity index is 2540. The van der Waals surface area contributed by atoms with E-state index in [2.05, 4.69) is 54.6 Å². The first-order valence-corrected chi connectivity index (χ1v) is 24.7. The van der Waals surface area contributed by atoms with Crippen molar-refractivity contribution in [3.8, 4) is 0 Å². The van der Waals surface area contributed by atoms with Gasteiger partial charge in [-0.25, -0.2) is 4.57 Å². The maximum absolute atomic E-state index is 14.6. The second-order valence-electron chi connectivity index (χ2n) is 18.5. The van der Waals surface area contributed by atoms with Crippen LogP contribution in [0.5, 0.6) is 0 Å². The molecule has 0 spiro atoms. The molecule has 3 aliphatic heterocycles. The molecule has 0 saturated carbocycles. The molecule has 6 rings (SSSR count). The number of aliphatic imine (C=N–C) groups is 1. The van der Waals surface area contributed by atoms with Gasteiger partial charge in [0.25, 0.3) is 11.8 Å². The number of Topliss-reactive ketones (excluding diaryl/α,β-unsaturated/α-hetero) is 1. The Hall–Kier alpha value is -6.04. The van der Waals surface area contributed by atoms with E-state index in [0.717, 1.165) is 33.0 Å². The maximum Gasteiger partial charge on any atom is 0.469 e. The van der Waals surface area contributed by atoms with Crippen molar-refractivity contribution in [3.05, 3.63) is 112 Å². The minimum absolute atomic E-state index is 0.0892. The molecule has 1 saturated heterocycles. The number of unbranched alkanes of at least 4 members (excludes halogenated alkanes) is 1. The number of phosphoric ester groups is 1. The van der Waals surface area contributed by atoms with Crippen LogP contribution in [0.4, 0.5) is 5.69 Å². The highest BCUT2D eigenvalue weighted by molar-refractivity contribution is 7.46. The molecule has 1 fully saturated rings. The predicted molar refractivity (Wildman–Crippen MR) is 260 cm³/mol. The number of allylic oxidation sites excluding steroid dienone is 5. The molecule has 2 aromatic carbocycles. The highest BCUT2D eigenvalue weighted by atomic mass is 31.2. The lowest BCUT2D eigenvalue weighted by Gasteiger charge is -2.38. The quantitative estimate of drug-likeness (QED) is 0.0372. The molecule has 0 bridgehead atoms. The van der Waals surface area contributed by atoms with Gasteiger partial charge in [-0.1, -0.05) is 70.2 Å². The molecule has 0 radical (unpaired) electrons. The van der Waals surface area contributed by atoms with Gasteiger partial charge >= 0.3 is 7.82 Å². The molecule has 19 heteroatoms. The van der Waals surface area contributed by atoms with E-state index in [0.29, 0.717) is 54.8 Å². The second kappa shape index (κ2) is 22.1. The van der Waals surface area contributed by atoms with Crippen LogP contribution in [0.25, 0.3) is 0 Å². The molecule has 5 N–H and O–H groups in total. The molecule has 2 unspecified atom stereocenters. The van der Waals surface area contributed by atoms with Gasteiger partial charge in [-0.2, -0.15) is 0 Å². The number of phosphoric acid groups is 1. The number of benzene rings is 2. The first-order valence-electron chi connectivity index (χ1n) is 23.2. The number of carbonyl (C=O) groups is 6. The van der Waals surface area contributed by atoms with Gasteiger partial charge in [0.1, 0.15) is 12.1 Å². The summed E-state index contributed by atoms with van der Waals surface area (Å²) in [6.07, 6.45) is 7.94. The molecular weight excluding hydrogens is 906 g/mol. The monoisotopic (exact) mass is 969 g/mol. The molecule has 5 amide bonds. The maximum atomic E-state index is 14.6. The highest BCUT2D eigenvalue weighted by Gasteiger charge is 2.46. The van der Waals surface area contributed by atoms with Crippen LogP contribution in [0.15, 0.2) is 100 Å². The molecule has 2 aromatic rings. The fraction of sp³-hybridized carbons (Fsp3) is 0.460. The number of fused-ring (bicyclic) bond motifs is 1. The van der Waals surface area contributed by atoms with Crippen LogP contribution in [0.1, 0.15) is 76.5 Å². The van der Waals surface area contributed by atoms with E-state index < -0.39 is 61.0 Å². The van der Waals surface area contributed by atoms with Gasteiger partial charge in [0, 0.05) is 91.4 Å². The van der Waals surface area contributed by atoms with Crippen LogP contribution in [0.2, 0.25) is 0 Å². The number of nitrogens with one attached hydrogen (secondary N) is 3. The van der Waals surface area contributed by atoms with Crippen LogP contribution in [-0.2, 0) is 53.4 Å². The fourth-order valence-electron chi connectivity index (χ4n) is 9.42. The van der Waals surface area contributed by atoms with Crippen LogP contribution >= 0.6 is 7.82 Å². The van der Waals surface area contributed by atoms with Crippen LogP contribution in [0.3, 0.4) is 0 Å². The zero-order chi connectivity index (χ0) is 50.3. The number of imide groups is 1. The predicted octanol–water partition coefficient (Wildman–Crippen LogP) is 3.82. The Kier molecular flexibility index (Phi) is 16.8. The van der Waals surface area contributed by atoms with E-state index in [1.807, 2.05) is 73.5 Å². The van der Waals surface area contributed by atoms with E-state index in [9.17, 15) is 43.1 Å².